The highest BCUT2D eigenvalue weighted by Crippen LogP contribution is 2.35. The fourth-order valence-electron chi connectivity index (χ4n) is 3.56. The fourth-order valence-corrected chi connectivity index (χ4v) is 3.56. The SMILES string of the molecule is COc1ccc(CCOc2cc([C@H](CC(N)=O)c3c(C)[nH][nH]c3=O)ccc2OC)cc1. The summed E-state index contributed by atoms with van der Waals surface area (Å²) in [6.07, 6.45) is 0.693. The standard InChI is InChI=1S/C23H27N3O5/c1-14-22(23(28)26-25-14)18(13-21(24)27)16-6-9-19(30-3)20(12-16)31-11-10-15-4-7-17(29-2)8-5-15/h4-9,12,18H,10-11,13H2,1-3H3,(H2,24,27)(H2,25,26,28)/t18-/m0/s1. The molecule has 0 saturated heterocycles. The van der Waals surface area contributed by atoms with Crippen LogP contribution in [0.2, 0.25) is 0 Å². The number of primary amides is 1. The molecule has 0 aliphatic heterocycles. The largest absolute Gasteiger partial charge is 0.497 e. The summed E-state index contributed by atoms with van der Waals surface area (Å²) in [5, 5.41) is 5.36. The molecule has 31 heavy (non-hydrogen) atoms. The third kappa shape index (κ3) is 5.28. The van der Waals surface area contributed by atoms with E-state index in [1.807, 2.05) is 30.3 Å². The van der Waals surface area contributed by atoms with E-state index in [4.69, 9.17) is 19.9 Å². The lowest BCUT2D eigenvalue weighted by Crippen LogP contribution is -2.20. The van der Waals surface area contributed by atoms with E-state index in [0.29, 0.717) is 35.8 Å². The monoisotopic (exact) mass is 425 g/mol. The number of carbonyl (C=O) groups excluding carboxylic acids is 1. The number of benzene rings is 2. The molecule has 0 radical (unpaired) electrons. The van der Waals surface area contributed by atoms with E-state index in [0.717, 1.165) is 16.9 Å². The molecule has 0 unspecified atom stereocenters. The van der Waals surface area contributed by atoms with E-state index in [9.17, 15) is 9.59 Å². The molecule has 3 aromatic rings. The number of nitrogens with two attached hydrogens (primary N) is 1. The molecule has 1 amide bonds. The quantitative estimate of drug-likeness (QED) is 0.461. The molecule has 0 saturated carbocycles. The van der Waals surface area contributed by atoms with Crippen molar-refractivity contribution >= 4 is 5.91 Å². The highest BCUT2D eigenvalue weighted by molar-refractivity contribution is 5.75. The molecule has 2 aromatic carbocycles. The number of nitrogens with one attached hydrogen (secondary N) is 2. The van der Waals surface area contributed by atoms with Gasteiger partial charge in [-0.3, -0.25) is 14.7 Å². The summed E-state index contributed by atoms with van der Waals surface area (Å²) in [7, 11) is 3.19. The Kier molecular flexibility index (Phi) is 7.02. The molecule has 8 nitrogen and oxygen atoms in total. The normalized spacial score (nSPS) is 11.7. The average Bonchev–Trinajstić information content (AvgIpc) is 3.10. The zero-order chi connectivity index (χ0) is 22.4. The van der Waals surface area contributed by atoms with Gasteiger partial charge in [0, 0.05) is 30.0 Å². The van der Waals surface area contributed by atoms with Crippen LogP contribution in [0.5, 0.6) is 17.2 Å². The van der Waals surface area contributed by atoms with Gasteiger partial charge in [0.2, 0.25) is 5.91 Å². The molecule has 3 rings (SSSR count). The third-order valence-electron chi connectivity index (χ3n) is 5.16. The Hall–Kier alpha value is -3.68. The van der Waals surface area contributed by atoms with Gasteiger partial charge in [-0.1, -0.05) is 18.2 Å². The summed E-state index contributed by atoms with van der Waals surface area (Å²) >= 11 is 0. The van der Waals surface area contributed by atoms with Crippen molar-refractivity contribution in [3.8, 4) is 17.2 Å². The lowest BCUT2D eigenvalue weighted by atomic mass is 9.88. The number of aryl methyl sites for hydroxylation is 1. The van der Waals surface area contributed by atoms with Crippen molar-refractivity contribution in [3.63, 3.8) is 0 Å². The highest BCUT2D eigenvalue weighted by atomic mass is 16.5. The summed E-state index contributed by atoms with van der Waals surface area (Å²) < 4.78 is 16.6. The first kappa shape index (κ1) is 22.0. The lowest BCUT2D eigenvalue weighted by molar-refractivity contribution is -0.118. The van der Waals surface area contributed by atoms with Crippen molar-refractivity contribution in [1.29, 1.82) is 0 Å². The number of amides is 1. The van der Waals surface area contributed by atoms with Gasteiger partial charge < -0.3 is 25.0 Å². The smallest absolute Gasteiger partial charge is 0.267 e. The van der Waals surface area contributed by atoms with Crippen LogP contribution < -0.4 is 25.5 Å². The number of hydrogen-bond donors (Lipinski definition) is 3. The molecule has 0 fully saturated rings. The second-order valence-corrected chi connectivity index (χ2v) is 7.20. The van der Waals surface area contributed by atoms with Crippen molar-refractivity contribution in [2.45, 2.75) is 25.7 Å². The summed E-state index contributed by atoms with van der Waals surface area (Å²) in [5.74, 6) is 0.906. The number of aromatic nitrogens is 2. The second kappa shape index (κ2) is 9.88. The van der Waals surface area contributed by atoms with Crippen LogP contribution in [0.1, 0.15) is 34.7 Å². The fraction of sp³-hybridized carbons (Fsp3) is 0.304. The van der Waals surface area contributed by atoms with Crippen LogP contribution >= 0.6 is 0 Å². The van der Waals surface area contributed by atoms with Gasteiger partial charge in [0.15, 0.2) is 11.5 Å². The molecular formula is C23H27N3O5. The summed E-state index contributed by atoms with van der Waals surface area (Å²) in [6.45, 7) is 2.20. The number of aromatic amines is 2. The van der Waals surface area contributed by atoms with Crippen LogP contribution in [-0.2, 0) is 11.2 Å². The Labute approximate surface area is 180 Å². The number of ether oxygens (including phenoxy) is 3. The molecule has 0 bridgehead atoms. The number of hydrogen-bond acceptors (Lipinski definition) is 5. The van der Waals surface area contributed by atoms with Crippen molar-refractivity contribution in [2.24, 2.45) is 5.73 Å². The average molecular weight is 425 g/mol. The predicted octanol–water partition coefficient (Wildman–Crippen LogP) is 2.66. The zero-order valence-electron chi connectivity index (χ0n) is 17.9. The van der Waals surface area contributed by atoms with Gasteiger partial charge in [0.25, 0.3) is 5.56 Å². The predicted molar refractivity (Wildman–Crippen MR) is 117 cm³/mol. The molecule has 1 aromatic heterocycles. The summed E-state index contributed by atoms with van der Waals surface area (Å²) in [4.78, 5) is 24.0. The van der Waals surface area contributed by atoms with Gasteiger partial charge in [-0.15, -0.1) is 0 Å². The minimum absolute atomic E-state index is 0.000605. The van der Waals surface area contributed by atoms with Crippen molar-refractivity contribution in [1.82, 2.24) is 10.2 Å². The number of methoxy groups -OCH3 is 2. The van der Waals surface area contributed by atoms with E-state index >= 15 is 0 Å². The number of H-pyrrole nitrogens is 2. The van der Waals surface area contributed by atoms with E-state index in [-0.39, 0.29) is 12.0 Å². The molecule has 8 heteroatoms. The highest BCUT2D eigenvalue weighted by Gasteiger charge is 2.24. The maximum absolute atomic E-state index is 12.3. The molecule has 1 atom stereocenters. The van der Waals surface area contributed by atoms with Gasteiger partial charge in [-0.05, 0) is 42.3 Å². The van der Waals surface area contributed by atoms with Gasteiger partial charge in [-0.2, -0.15) is 0 Å². The first-order valence-electron chi connectivity index (χ1n) is 9.92. The molecule has 1 heterocycles. The first-order valence-corrected chi connectivity index (χ1v) is 9.92. The Bertz CT molecular complexity index is 1090. The van der Waals surface area contributed by atoms with Crippen LogP contribution in [0.4, 0.5) is 0 Å². The van der Waals surface area contributed by atoms with Crippen LogP contribution in [0.15, 0.2) is 47.3 Å². The second-order valence-electron chi connectivity index (χ2n) is 7.20. The molecule has 4 N–H and O–H groups in total. The molecule has 0 aliphatic carbocycles. The van der Waals surface area contributed by atoms with E-state index in [2.05, 4.69) is 10.2 Å². The maximum atomic E-state index is 12.3. The van der Waals surface area contributed by atoms with E-state index in [1.165, 1.54) is 0 Å². The Morgan fingerprint density at radius 1 is 1.03 bits per heavy atom. The maximum Gasteiger partial charge on any atom is 0.267 e. The lowest BCUT2D eigenvalue weighted by Gasteiger charge is -2.18. The Morgan fingerprint density at radius 2 is 1.77 bits per heavy atom. The molecule has 0 aliphatic rings. The Balaban J connectivity index is 1.83. The van der Waals surface area contributed by atoms with Crippen LogP contribution in [-0.4, -0.2) is 36.9 Å². The number of rotatable bonds is 10. The first-order chi connectivity index (χ1) is 14.9. The minimum atomic E-state index is -0.498. The van der Waals surface area contributed by atoms with Gasteiger partial charge >= 0.3 is 0 Å². The van der Waals surface area contributed by atoms with Crippen molar-refractivity contribution < 1.29 is 19.0 Å². The van der Waals surface area contributed by atoms with Crippen LogP contribution in [0.25, 0.3) is 0 Å². The van der Waals surface area contributed by atoms with Crippen LogP contribution in [0.3, 0.4) is 0 Å². The Morgan fingerprint density at radius 3 is 2.35 bits per heavy atom. The van der Waals surface area contributed by atoms with Gasteiger partial charge in [-0.25, -0.2) is 0 Å². The van der Waals surface area contributed by atoms with Crippen molar-refractivity contribution in [2.75, 3.05) is 20.8 Å². The van der Waals surface area contributed by atoms with Gasteiger partial charge in [0.1, 0.15) is 5.75 Å². The molecular weight excluding hydrogens is 398 g/mol. The molecule has 0 spiro atoms. The van der Waals surface area contributed by atoms with Gasteiger partial charge in [0.05, 0.1) is 20.8 Å². The third-order valence-corrected chi connectivity index (χ3v) is 5.16. The van der Waals surface area contributed by atoms with Crippen molar-refractivity contribution in [3.05, 3.63) is 75.2 Å². The minimum Gasteiger partial charge on any atom is -0.497 e. The van der Waals surface area contributed by atoms with E-state index in [1.54, 1.807) is 33.3 Å². The topological polar surface area (TPSA) is 119 Å². The summed E-state index contributed by atoms with van der Waals surface area (Å²) in [6, 6.07) is 13.2. The molecule has 164 valence electrons. The zero-order valence-corrected chi connectivity index (χ0v) is 17.9. The van der Waals surface area contributed by atoms with E-state index < -0.39 is 11.8 Å². The number of carbonyl (C=O) groups is 1. The van der Waals surface area contributed by atoms with Crippen LogP contribution in [0, 0.1) is 6.92 Å². The summed E-state index contributed by atoms with van der Waals surface area (Å²) in [5.41, 5.74) is 8.19.